The van der Waals surface area contributed by atoms with Gasteiger partial charge in [-0.15, -0.1) is 5.10 Å². The summed E-state index contributed by atoms with van der Waals surface area (Å²) in [6, 6.07) is 12.5. The monoisotopic (exact) mass is 598 g/mol. The standard InChI is InChI=1S/C32H38N8O4/c1-21-9-12-25-28(17-21)44-16-6-15-39-19-24(36-37-39)18-38(14-5-13-33-31(42)22(2)34-32(25)43)29(41)20-40-27-8-4-3-7-26(27)35-30(40)23-10-11-23/h3-4,7-9,12,17,19,22-23H,5-6,10-11,13-16,18,20H2,1-2H3,(H,33,42)(H,34,43)/t22-/m1/s1. The quantitative estimate of drug-likeness (QED) is 0.370. The van der Waals surface area contributed by atoms with Crippen molar-refractivity contribution in [1.82, 2.24) is 40.1 Å². The summed E-state index contributed by atoms with van der Waals surface area (Å²) in [5.41, 5.74) is 3.87. The third-order valence-corrected chi connectivity index (χ3v) is 8.03. The van der Waals surface area contributed by atoms with Crippen molar-refractivity contribution < 1.29 is 19.1 Å². The number of imidazole rings is 1. The van der Waals surface area contributed by atoms with E-state index < -0.39 is 6.04 Å². The molecule has 2 bridgehead atoms. The molecule has 3 heterocycles. The number of aromatic nitrogens is 5. The van der Waals surface area contributed by atoms with Crippen LogP contribution in [0, 0.1) is 6.92 Å². The molecule has 0 radical (unpaired) electrons. The average molecular weight is 599 g/mol. The Hall–Kier alpha value is -4.74. The van der Waals surface area contributed by atoms with Crippen LogP contribution in [0.5, 0.6) is 5.75 Å². The highest BCUT2D eigenvalue weighted by atomic mass is 16.5. The number of hydrogen-bond acceptors (Lipinski definition) is 7. The number of carbonyl (C=O) groups is 3. The lowest BCUT2D eigenvalue weighted by molar-refractivity contribution is -0.132. The van der Waals surface area contributed by atoms with E-state index in [4.69, 9.17) is 9.72 Å². The van der Waals surface area contributed by atoms with Gasteiger partial charge in [-0.3, -0.25) is 19.1 Å². The van der Waals surface area contributed by atoms with E-state index >= 15 is 0 Å². The van der Waals surface area contributed by atoms with Crippen LogP contribution in [0.1, 0.15) is 66.0 Å². The summed E-state index contributed by atoms with van der Waals surface area (Å²) >= 11 is 0. The molecule has 2 aromatic heterocycles. The van der Waals surface area contributed by atoms with Gasteiger partial charge in [0.05, 0.1) is 35.9 Å². The number of fused-ring (bicyclic) bond motifs is 4. The third-order valence-electron chi connectivity index (χ3n) is 8.03. The molecular formula is C32H38N8O4. The molecule has 0 unspecified atom stereocenters. The van der Waals surface area contributed by atoms with Gasteiger partial charge in [0, 0.05) is 32.0 Å². The normalized spacial score (nSPS) is 18.8. The van der Waals surface area contributed by atoms with Gasteiger partial charge in [-0.05, 0) is 62.9 Å². The van der Waals surface area contributed by atoms with Gasteiger partial charge in [-0.1, -0.05) is 23.4 Å². The number of nitrogens with zero attached hydrogens (tertiary/aromatic N) is 6. The number of rotatable bonds is 3. The van der Waals surface area contributed by atoms with Crippen LogP contribution in [0.2, 0.25) is 0 Å². The zero-order valence-corrected chi connectivity index (χ0v) is 25.2. The van der Waals surface area contributed by atoms with Crippen molar-refractivity contribution in [2.75, 3.05) is 19.7 Å². The van der Waals surface area contributed by atoms with E-state index in [1.165, 1.54) is 0 Å². The maximum atomic E-state index is 13.8. The van der Waals surface area contributed by atoms with Crippen molar-refractivity contribution in [2.45, 2.75) is 71.1 Å². The van der Waals surface area contributed by atoms with Gasteiger partial charge in [0.1, 0.15) is 29.9 Å². The van der Waals surface area contributed by atoms with Crippen LogP contribution >= 0.6 is 0 Å². The third kappa shape index (κ3) is 6.74. The molecule has 2 aromatic carbocycles. The summed E-state index contributed by atoms with van der Waals surface area (Å²) in [4.78, 5) is 46.3. The largest absolute Gasteiger partial charge is 0.493 e. The number of amides is 3. The Balaban J connectivity index is 1.20. The molecule has 2 N–H and O–H groups in total. The van der Waals surface area contributed by atoms with Crippen LogP contribution in [0.15, 0.2) is 48.7 Å². The fraction of sp³-hybridized carbons (Fsp3) is 0.438. The van der Waals surface area contributed by atoms with Crippen LogP contribution in [-0.4, -0.2) is 72.9 Å². The fourth-order valence-electron chi connectivity index (χ4n) is 5.48. The number of hydrogen-bond donors (Lipinski definition) is 2. The smallest absolute Gasteiger partial charge is 0.255 e. The highest BCUT2D eigenvalue weighted by molar-refractivity contribution is 5.99. The van der Waals surface area contributed by atoms with E-state index in [0.29, 0.717) is 68.6 Å². The van der Waals surface area contributed by atoms with Gasteiger partial charge < -0.3 is 24.8 Å². The second kappa shape index (κ2) is 12.9. The minimum absolute atomic E-state index is 0.0519. The molecule has 44 heavy (non-hydrogen) atoms. The summed E-state index contributed by atoms with van der Waals surface area (Å²) in [6.45, 7) is 5.74. The molecule has 2 aliphatic rings. The van der Waals surface area contributed by atoms with E-state index in [1.54, 1.807) is 22.6 Å². The summed E-state index contributed by atoms with van der Waals surface area (Å²) in [7, 11) is 0. The van der Waals surface area contributed by atoms with Crippen molar-refractivity contribution in [2.24, 2.45) is 0 Å². The lowest BCUT2D eigenvalue weighted by atomic mass is 10.1. The van der Waals surface area contributed by atoms with E-state index in [2.05, 4.69) is 20.9 Å². The van der Waals surface area contributed by atoms with Crippen molar-refractivity contribution in [3.8, 4) is 5.75 Å². The molecule has 12 nitrogen and oxygen atoms in total. The number of carbonyl (C=O) groups excluding carboxylic acids is 3. The van der Waals surface area contributed by atoms with Crippen LogP contribution in [0.4, 0.5) is 0 Å². The molecule has 1 aliphatic carbocycles. The Bertz CT molecular complexity index is 1670. The van der Waals surface area contributed by atoms with Gasteiger partial charge in [-0.25, -0.2) is 4.98 Å². The maximum Gasteiger partial charge on any atom is 0.255 e. The highest BCUT2D eigenvalue weighted by Crippen LogP contribution is 2.40. The van der Waals surface area contributed by atoms with Crippen molar-refractivity contribution in [1.29, 1.82) is 0 Å². The van der Waals surface area contributed by atoms with Crippen LogP contribution in [0.3, 0.4) is 0 Å². The Kier molecular flexibility index (Phi) is 8.58. The molecule has 12 heteroatoms. The zero-order valence-electron chi connectivity index (χ0n) is 25.2. The first-order chi connectivity index (χ1) is 21.4. The summed E-state index contributed by atoms with van der Waals surface area (Å²) in [6.07, 6.45) is 5.18. The number of aryl methyl sites for hydroxylation is 2. The molecule has 6 rings (SSSR count). The van der Waals surface area contributed by atoms with E-state index in [9.17, 15) is 14.4 Å². The molecule has 4 aromatic rings. The van der Waals surface area contributed by atoms with Gasteiger partial charge >= 0.3 is 0 Å². The second-order valence-corrected chi connectivity index (χ2v) is 11.6. The molecule has 0 saturated heterocycles. The first-order valence-corrected chi connectivity index (χ1v) is 15.3. The van der Waals surface area contributed by atoms with E-state index in [1.807, 2.05) is 54.1 Å². The van der Waals surface area contributed by atoms with Gasteiger partial charge in [0.25, 0.3) is 5.91 Å². The molecule has 3 amide bonds. The van der Waals surface area contributed by atoms with Gasteiger partial charge in [-0.2, -0.15) is 0 Å². The van der Waals surface area contributed by atoms with Crippen molar-refractivity contribution in [3.05, 3.63) is 71.3 Å². The molecule has 230 valence electrons. The molecule has 1 atom stereocenters. The molecule has 0 spiro atoms. The average Bonchev–Trinajstić information content (AvgIpc) is 3.66. The van der Waals surface area contributed by atoms with Gasteiger partial charge in [0.2, 0.25) is 11.8 Å². The molecule has 1 aliphatic heterocycles. The Morgan fingerprint density at radius 1 is 1.09 bits per heavy atom. The fourth-order valence-corrected chi connectivity index (χ4v) is 5.48. The summed E-state index contributed by atoms with van der Waals surface area (Å²) < 4.78 is 9.79. The minimum Gasteiger partial charge on any atom is -0.493 e. The predicted octanol–water partition coefficient (Wildman–Crippen LogP) is 2.95. The SMILES string of the molecule is Cc1ccc2c(c1)OCCCn1cc(nn1)CN(C(=O)Cn1c(C3CC3)nc3ccccc31)CCCNC(=O)[C@@H](C)NC2=O. The lowest BCUT2D eigenvalue weighted by Gasteiger charge is -2.23. The van der Waals surface area contributed by atoms with Crippen LogP contribution in [-0.2, 0) is 29.2 Å². The summed E-state index contributed by atoms with van der Waals surface area (Å²) in [5, 5.41) is 14.3. The Morgan fingerprint density at radius 3 is 2.77 bits per heavy atom. The zero-order chi connectivity index (χ0) is 30.6. The van der Waals surface area contributed by atoms with Crippen molar-refractivity contribution >= 4 is 28.8 Å². The summed E-state index contributed by atoms with van der Waals surface area (Å²) in [5.74, 6) is 1.09. The lowest BCUT2D eigenvalue weighted by Crippen LogP contribution is -2.45. The first kappa shape index (κ1) is 29.3. The van der Waals surface area contributed by atoms with E-state index in [0.717, 1.165) is 35.3 Å². The van der Waals surface area contributed by atoms with Gasteiger partial charge in [0.15, 0.2) is 0 Å². The molecular weight excluding hydrogens is 560 g/mol. The second-order valence-electron chi connectivity index (χ2n) is 11.6. The maximum absolute atomic E-state index is 13.8. The first-order valence-electron chi connectivity index (χ1n) is 15.3. The number of para-hydroxylation sites is 2. The van der Waals surface area contributed by atoms with Crippen LogP contribution in [0.25, 0.3) is 11.0 Å². The highest BCUT2D eigenvalue weighted by Gasteiger charge is 2.31. The number of benzene rings is 2. The topological polar surface area (TPSA) is 136 Å². The predicted molar refractivity (Wildman–Crippen MR) is 163 cm³/mol. The number of nitrogens with one attached hydrogen (secondary N) is 2. The minimum atomic E-state index is -0.749. The number of ether oxygens (including phenoxy) is 1. The van der Waals surface area contributed by atoms with Crippen LogP contribution < -0.4 is 15.4 Å². The Labute approximate surface area is 255 Å². The Morgan fingerprint density at radius 2 is 1.93 bits per heavy atom. The molecule has 1 fully saturated rings. The molecule has 1 saturated carbocycles. The van der Waals surface area contributed by atoms with E-state index in [-0.39, 0.29) is 24.3 Å². The van der Waals surface area contributed by atoms with Crippen molar-refractivity contribution in [3.63, 3.8) is 0 Å².